The van der Waals surface area contributed by atoms with E-state index in [4.69, 9.17) is 17.0 Å². The Morgan fingerprint density at radius 3 is 2.59 bits per heavy atom. The average molecular weight is 568 g/mol. The van der Waals surface area contributed by atoms with E-state index in [2.05, 4.69) is 25.3 Å². The molecule has 0 aliphatic heterocycles. The molecule has 11 heteroatoms. The number of thioether (sulfide) groups is 2. The summed E-state index contributed by atoms with van der Waals surface area (Å²) in [6.45, 7) is 2.04. The van der Waals surface area contributed by atoms with Gasteiger partial charge in [0.05, 0.1) is 12.8 Å². The van der Waals surface area contributed by atoms with Gasteiger partial charge in [-0.05, 0) is 53.9 Å². The van der Waals surface area contributed by atoms with Gasteiger partial charge in [0.15, 0.2) is 5.11 Å². The summed E-state index contributed by atoms with van der Waals surface area (Å²) >= 11 is 9.69. The van der Waals surface area contributed by atoms with E-state index in [1.54, 1.807) is 18.9 Å². The van der Waals surface area contributed by atoms with Crippen LogP contribution in [0.5, 0.6) is 5.75 Å². The van der Waals surface area contributed by atoms with Crippen LogP contribution in [0.1, 0.15) is 17.7 Å². The van der Waals surface area contributed by atoms with Crippen molar-refractivity contribution in [2.24, 2.45) is 0 Å². The molecule has 0 radical (unpaired) electrons. The first-order valence-corrected chi connectivity index (χ1v) is 14.4. The maximum Gasteiger partial charge on any atom is 0.244 e. The first-order chi connectivity index (χ1) is 18.1. The van der Waals surface area contributed by atoms with Crippen molar-refractivity contribution < 1.29 is 9.53 Å². The Morgan fingerprint density at radius 1 is 1.03 bits per heavy atom. The van der Waals surface area contributed by atoms with E-state index >= 15 is 0 Å². The third-order valence-electron chi connectivity index (χ3n) is 4.95. The monoisotopic (exact) mass is 567 g/mol. The lowest BCUT2D eigenvalue weighted by atomic mass is 10.1. The summed E-state index contributed by atoms with van der Waals surface area (Å²) in [5.41, 5.74) is 2.46. The van der Waals surface area contributed by atoms with Gasteiger partial charge in [-0.1, -0.05) is 67.2 Å². The molecule has 0 aliphatic rings. The smallest absolute Gasteiger partial charge is 0.244 e. The third-order valence-corrected chi connectivity index (χ3v) is 7.88. The van der Waals surface area contributed by atoms with Crippen molar-refractivity contribution in [3.63, 3.8) is 0 Å². The molecular weight excluding hydrogens is 543 g/mol. The minimum Gasteiger partial charge on any atom is -0.495 e. The van der Waals surface area contributed by atoms with Crippen LogP contribution in [0.15, 0.2) is 88.9 Å². The molecule has 1 amide bonds. The maximum atomic E-state index is 13.4. The van der Waals surface area contributed by atoms with Gasteiger partial charge in [0.2, 0.25) is 16.2 Å². The number of aromatic nitrogens is 2. The number of benzene rings is 3. The lowest BCUT2D eigenvalue weighted by Crippen LogP contribution is -2.20. The van der Waals surface area contributed by atoms with E-state index in [1.165, 1.54) is 23.3 Å². The number of nitrogens with zero attached hydrogens (tertiary/aromatic N) is 2. The molecule has 0 saturated heterocycles. The van der Waals surface area contributed by atoms with Crippen LogP contribution in [0.25, 0.3) is 0 Å². The molecule has 0 saturated carbocycles. The number of carbonyl (C=O) groups excluding carboxylic acids is 1. The standard InChI is InChI=1S/C26H25N5O2S4/c1-3-35-26-30-25(37-31-26)29-23(32)22(17-10-5-4-6-11-17)36-19-13-9-12-18(16-19)27-24(34)28-20-14-7-8-15-21(20)33-2/h4-16,22H,3H2,1-2H3,(H2,27,28,34)(H,29,30,31,32). The predicted molar refractivity (Wildman–Crippen MR) is 159 cm³/mol. The summed E-state index contributed by atoms with van der Waals surface area (Å²) in [5.74, 6) is 1.41. The van der Waals surface area contributed by atoms with Gasteiger partial charge in [-0.25, -0.2) is 0 Å². The van der Waals surface area contributed by atoms with Crippen molar-refractivity contribution in [1.29, 1.82) is 0 Å². The van der Waals surface area contributed by atoms with Gasteiger partial charge in [0.1, 0.15) is 11.0 Å². The topological polar surface area (TPSA) is 88.2 Å². The second-order valence-electron chi connectivity index (χ2n) is 7.52. The number of hydrogen-bond acceptors (Lipinski definition) is 8. The minimum absolute atomic E-state index is 0.160. The Morgan fingerprint density at radius 2 is 1.81 bits per heavy atom. The second-order valence-corrected chi connectivity index (χ2v) is 11.1. The molecule has 0 bridgehead atoms. The van der Waals surface area contributed by atoms with Crippen LogP contribution in [0, 0.1) is 0 Å². The van der Waals surface area contributed by atoms with E-state index in [-0.39, 0.29) is 5.91 Å². The van der Waals surface area contributed by atoms with Crippen LogP contribution in [0.2, 0.25) is 0 Å². The zero-order chi connectivity index (χ0) is 26.0. The number of thiocarbonyl (C=S) groups is 1. The number of ether oxygens (including phenoxy) is 1. The van der Waals surface area contributed by atoms with Gasteiger partial charge in [0, 0.05) is 22.1 Å². The fourth-order valence-electron chi connectivity index (χ4n) is 3.34. The van der Waals surface area contributed by atoms with Crippen LogP contribution in [-0.4, -0.2) is 33.2 Å². The maximum absolute atomic E-state index is 13.4. The SMILES string of the molecule is CCSc1nsc(NC(=O)C(Sc2cccc(NC(=S)Nc3ccccc3OC)c2)c2ccccc2)n1. The van der Waals surface area contributed by atoms with E-state index in [1.807, 2.05) is 85.8 Å². The van der Waals surface area contributed by atoms with Crippen molar-refractivity contribution in [2.75, 3.05) is 28.8 Å². The molecule has 7 nitrogen and oxygen atoms in total. The van der Waals surface area contributed by atoms with Crippen molar-refractivity contribution >= 4 is 74.8 Å². The summed E-state index contributed by atoms with van der Waals surface area (Å²) in [6, 6.07) is 25.0. The summed E-state index contributed by atoms with van der Waals surface area (Å²) in [4.78, 5) is 18.7. The predicted octanol–water partition coefficient (Wildman–Crippen LogP) is 6.94. The summed E-state index contributed by atoms with van der Waals surface area (Å²) in [6.07, 6.45) is 0. The van der Waals surface area contributed by atoms with Crippen LogP contribution in [-0.2, 0) is 4.79 Å². The summed E-state index contributed by atoms with van der Waals surface area (Å²) < 4.78 is 9.67. The molecule has 0 aliphatic carbocycles. The molecule has 37 heavy (non-hydrogen) atoms. The van der Waals surface area contributed by atoms with Crippen molar-refractivity contribution in [3.8, 4) is 5.75 Å². The molecule has 1 atom stereocenters. The van der Waals surface area contributed by atoms with Gasteiger partial charge in [-0.2, -0.15) is 9.36 Å². The first kappa shape index (κ1) is 26.9. The number of methoxy groups -OCH3 is 1. The summed E-state index contributed by atoms with van der Waals surface area (Å²) in [5, 5.41) is 10.4. The molecule has 3 aromatic carbocycles. The zero-order valence-electron chi connectivity index (χ0n) is 20.1. The Hall–Kier alpha value is -3.12. The quantitative estimate of drug-likeness (QED) is 0.139. The molecule has 4 aromatic rings. The Bertz CT molecular complexity index is 1350. The van der Waals surface area contributed by atoms with E-state index < -0.39 is 5.25 Å². The average Bonchev–Trinajstić information content (AvgIpc) is 3.35. The van der Waals surface area contributed by atoms with Gasteiger partial charge in [0.25, 0.3) is 0 Å². The highest BCUT2D eigenvalue weighted by molar-refractivity contribution is 8.00. The molecule has 1 unspecified atom stereocenters. The molecular formula is C26H25N5O2S4. The Balaban J connectivity index is 1.48. The lowest BCUT2D eigenvalue weighted by molar-refractivity contribution is -0.115. The third kappa shape index (κ3) is 7.68. The molecule has 3 N–H and O–H groups in total. The van der Waals surface area contributed by atoms with E-state index in [0.717, 1.165) is 27.6 Å². The molecule has 0 fully saturated rings. The van der Waals surface area contributed by atoms with Crippen LogP contribution < -0.4 is 20.7 Å². The van der Waals surface area contributed by atoms with Crippen molar-refractivity contribution in [1.82, 2.24) is 9.36 Å². The number of rotatable bonds is 10. The van der Waals surface area contributed by atoms with Gasteiger partial charge >= 0.3 is 0 Å². The molecule has 1 aromatic heterocycles. The van der Waals surface area contributed by atoms with Gasteiger partial charge in [-0.3, -0.25) is 10.1 Å². The number of para-hydroxylation sites is 2. The zero-order valence-corrected chi connectivity index (χ0v) is 23.4. The van der Waals surface area contributed by atoms with Crippen LogP contribution in [0.3, 0.4) is 0 Å². The van der Waals surface area contributed by atoms with Gasteiger partial charge < -0.3 is 15.4 Å². The number of anilines is 3. The fraction of sp³-hybridized carbons (Fsp3) is 0.154. The highest BCUT2D eigenvalue weighted by Crippen LogP contribution is 2.37. The minimum atomic E-state index is -0.485. The number of hydrogen-bond donors (Lipinski definition) is 3. The molecule has 4 rings (SSSR count). The second kappa shape index (κ2) is 13.4. The van der Waals surface area contributed by atoms with E-state index in [9.17, 15) is 4.79 Å². The largest absolute Gasteiger partial charge is 0.495 e. The number of carbonyl (C=O) groups is 1. The highest BCUT2D eigenvalue weighted by Gasteiger charge is 2.23. The van der Waals surface area contributed by atoms with Crippen LogP contribution >= 0.6 is 47.3 Å². The van der Waals surface area contributed by atoms with Crippen LogP contribution in [0.4, 0.5) is 16.5 Å². The number of amides is 1. The molecule has 0 spiro atoms. The van der Waals surface area contributed by atoms with E-state index in [0.29, 0.717) is 21.1 Å². The van der Waals surface area contributed by atoms with Crippen molar-refractivity contribution in [3.05, 3.63) is 84.4 Å². The fourth-order valence-corrected chi connectivity index (χ4v) is 5.92. The summed E-state index contributed by atoms with van der Waals surface area (Å²) in [7, 11) is 1.62. The number of nitrogens with one attached hydrogen (secondary N) is 3. The Labute approximate surface area is 234 Å². The molecule has 190 valence electrons. The first-order valence-electron chi connectivity index (χ1n) is 11.4. The van der Waals surface area contributed by atoms with Crippen molar-refractivity contribution in [2.45, 2.75) is 22.2 Å². The highest BCUT2D eigenvalue weighted by atomic mass is 32.2. The van der Waals surface area contributed by atoms with Gasteiger partial charge in [-0.15, -0.1) is 11.8 Å². The normalized spacial score (nSPS) is 11.4. The lowest BCUT2D eigenvalue weighted by Gasteiger charge is -2.17. The Kier molecular flexibility index (Phi) is 9.78. The molecule has 1 heterocycles.